The molecule has 0 bridgehead atoms. The Kier molecular flexibility index (Phi) is 22.4. The molecule has 268 valence electrons. The minimum Gasteiger partial charge on any atom is -0.460 e. The van der Waals surface area contributed by atoms with Crippen molar-refractivity contribution in [3.8, 4) is 0 Å². The zero-order valence-corrected chi connectivity index (χ0v) is 29.9. The van der Waals surface area contributed by atoms with Crippen LogP contribution >= 0.6 is 0 Å². The predicted octanol–water partition coefficient (Wildman–Crippen LogP) is 5.92. The second kappa shape index (κ2) is 24.4. The number of benzene rings is 1. The molecule has 0 aromatic heterocycles. The molecule has 4 amide bonds. The van der Waals surface area contributed by atoms with Gasteiger partial charge in [0.1, 0.15) is 23.9 Å². The van der Waals surface area contributed by atoms with Crippen LogP contribution < -0.4 is 21.3 Å². The third-order valence-corrected chi connectivity index (χ3v) is 6.09. The van der Waals surface area contributed by atoms with Crippen LogP contribution in [0.15, 0.2) is 30.3 Å². The molecule has 1 aromatic carbocycles. The van der Waals surface area contributed by atoms with Gasteiger partial charge in [-0.05, 0) is 85.6 Å². The third kappa shape index (κ3) is 28.1. The number of alkyl carbamates (subject to hydrolysis) is 2. The van der Waals surface area contributed by atoms with Gasteiger partial charge in [-0.25, -0.2) is 9.59 Å². The third-order valence-electron chi connectivity index (χ3n) is 6.09. The minimum atomic E-state index is -0.770. The molecule has 0 saturated carbocycles. The molecule has 4 N–H and O–H groups in total. The Bertz CT molecular complexity index is 1050. The van der Waals surface area contributed by atoms with E-state index in [1.54, 1.807) is 20.8 Å². The quantitative estimate of drug-likeness (QED) is 0.0855. The number of ether oxygens (including phenoxy) is 3. The molecule has 1 rings (SSSR count). The highest BCUT2D eigenvalue weighted by molar-refractivity contribution is 5.85. The van der Waals surface area contributed by atoms with E-state index < -0.39 is 23.8 Å². The Morgan fingerprint density at radius 2 is 1.28 bits per heavy atom. The lowest BCUT2D eigenvalue weighted by Gasteiger charge is -2.20. The molecule has 1 unspecified atom stereocenters. The molecule has 0 aliphatic heterocycles. The fourth-order valence-corrected chi connectivity index (χ4v) is 4.02. The highest BCUT2D eigenvalue weighted by atomic mass is 16.6. The van der Waals surface area contributed by atoms with Crippen LogP contribution in [-0.4, -0.2) is 66.8 Å². The van der Waals surface area contributed by atoms with Crippen molar-refractivity contribution in [1.29, 1.82) is 0 Å². The SMILES string of the molecule is CC(=O)OC(C)(C)C.CCCCCC(=O)NCCCCNC(=O)C(CCCCNC(=O)OC(C)(C)C)NC(=O)OCc1ccccc1. The van der Waals surface area contributed by atoms with Crippen molar-refractivity contribution in [2.45, 2.75) is 137 Å². The average molecular weight is 665 g/mol. The molecule has 0 fully saturated rings. The van der Waals surface area contributed by atoms with Crippen LogP contribution in [-0.2, 0) is 35.2 Å². The summed E-state index contributed by atoms with van der Waals surface area (Å²) >= 11 is 0. The van der Waals surface area contributed by atoms with Gasteiger partial charge in [-0.3, -0.25) is 14.4 Å². The molecule has 0 aliphatic carbocycles. The van der Waals surface area contributed by atoms with Crippen LogP contribution in [0.2, 0.25) is 0 Å². The van der Waals surface area contributed by atoms with Gasteiger partial charge in [0.2, 0.25) is 11.8 Å². The standard InChI is InChI=1S/C29H48N4O6.C6H12O2/c1-5-6-8-18-25(34)30-19-13-14-20-31-26(35)24(17-11-12-21-32-27(36)39-29(2,3)4)33-28(37)38-22-23-15-9-7-10-16-23;1-5(7)8-6(2,3)4/h7,9-10,15-16,24H,5-6,8,11-14,17-22H2,1-4H3,(H,30,34)(H,31,35)(H,32,36)(H,33,37);1-4H3. The number of hydrogen-bond acceptors (Lipinski definition) is 8. The second-order valence-electron chi connectivity index (χ2n) is 13.2. The predicted molar refractivity (Wildman–Crippen MR) is 183 cm³/mol. The van der Waals surface area contributed by atoms with E-state index in [2.05, 4.69) is 28.2 Å². The summed E-state index contributed by atoms with van der Waals surface area (Å²) in [6.45, 7) is 15.9. The summed E-state index contributed by atoms with van der Waals surface area (Å²) in [6, 6.07) is 8.52. The van der Waals surface area contributed by atoms with E-state index in [9.17, 15) is 24.0 Å². The van der Waals surface area contributed by atoms with Crippen molar-refractivity contribution in [2.75, 3.05) is 19.6 Å². The fourth-order valence-electron chi connectivity index (χ4n) is 4.02. The van der Waals surface area contributed by atoms with E-state index >= 15 is 0 Å². The fraction of sp³-hybridized carbons (Fsp3) is 0.686. The molecule has 1 atom stereocenters. The van der Waals surface area contributed by atoms with E-state index in [0.29, 0.717) is 51.7 Å². The molecular formula is C35H60N4O8. The van der Waals surface area contributed by atoms with Gasteiger partial charge in [0, 0.05) is 33.0 Å². The monoisotopic (exact) mass is 664 g/mol. The first-order valence-corrected chi connectivity index (χ1v) is 16.7. The van der Waals surface area contributed by atoms with Crippen molar-refractivity contribution in [2.24, 2.45) is 0 Å². The number of unbranched alkanes of at least 4 members (excludes halogenated alkanes) is 4. The smallest absolute Gasteiger partial charge is 0.408 e. The van der Waals surface area contributed by atoms with Crippen LogP contribution in [0, 0.1) is 0 Å². The summed E-state index contributed by atoms with van der Waals surface area (Å²) < 4.78 is 15.3. The van der Waals surface area contributed by atoms with Gasteiger partial charge >= 0.3 is 18.2 Å². The number of rotatable bonds is 18. The number of hydrogen-bond donors (Lipinski definition) is 4. The molecular weight excluding hydrogens is 604 g/mol. The van der Waals surface area contributed by atoms with Crippen molar-refractivity contribution in [3.05, 3.63) is 35.9 Å². The highest BCUT2D eigenvalue weighted by Crippen LogP contribution is 2.08. The molecule has 12 heteroatoms. The van der Waals surface area contributed by atoms with Crippen molar-refractivity contribution < 1.29 is 38.2 Å². The number of esters is 1. The Morgan fingerprint density at radius 1 is 0.702 bits per heavy atom. The Balaban J connectivity index is 0.00000233. The van der Waals surface area contributed by atoms with Gasteiger partial charge in [-0.15, -0.1) is 0 Å². The van der Waals surface area contributed by atoms with Gasteiger partial charge in [-0.1, -0.05) is 50.1 Å². The van der Waals surface area contributed by atoms with Crippen LogP contribution in [0.1, 0.15) is 119 Å². The number of nitrogens with one attached hydrogen (secondary N) is 4. The largest absolute Gasteiger partial charge is 0.460 e. The zero-order valence-electron chi connectivity index (χ0n) is 29.9. The maximum absolute atomic E-state index is 12.8. The summed E-state index contributed by atoms with van der Waals surface area (Å²) in [5.74, 6) is -0.459. The summed E-state index contributed by atoms with van der Waals surface area (Å²) in [5.41, 5.74) is -0.0529. The van der Waals surface area contributed by atoms with Crippen LogP contribution in [0.25, 0.3) is 0 Å². The average Bonchev–Trinajstić information content (AvgIpc) is 2.95. The number of carbonyl (C=O) groups excluding carboxylic acids is 5. The summed E-state index contributed by atoms with van der Waals surface area (Å²) in [6.07, 6.45) is 5.45. The first kappa shape index (κ1) is 43.2. The Hall–Kier alpha value is -3.83. The normalized spacial score (nSPS) is 11.6. The van der Waals surface area contributed by atoms with Gasteiger partial charge in [0.25, 0.3) is 0 Å². The summed E-state index contributed by atoms with van der Waals surface area (Å²) in [7, 11) is 0. The van der Waals surface area contributed by atoms with Gasteiger partial charge < -0.3 is 35.5 Å². The first-order valence-electron chi connectivity index (χ1n) is 16.7. The highest BCUT2D eigenvalue weighted by Gasteiger charge is 2.21. The Labute approximate surface area is 281 Å². The van der Waals surface area contributed by atoms with Crippen molar-refractivity contribution >= 4 is 30.0 Å². The number of carbonyl (C=O) groups is 5. The molecule has 47 heavy (non-hydrogen) atoms. The molecule has 12 nitrogen and oxygen atoms in total. The maximum Gasteiger partial charge on any atom is 0.408 e. The summed E-state index contributed by atoms with van der Waals surface area (Å²) in [4.78, 5) is 59.0. The molecule has 0 heterocycles. The zero-order chi connectivity index (χ0) is 35.7. The molecule has 0 saturated heterocycles. The van der Waals surface area contributed by atoms with Gasteiger partial charge in [-0.2, -0.15) is 0 Å². The van der Waals surface area contributed by atoms with E-state index in [-0.39, 0.29) is 30.0 Å². The number of amides is 4. The lowest BCUT2D eigenvalue weighted by molar-refractivity contribution is -0.151. The van der Waals surface area contributed by atoms with Crippen LogP contribution in [0.3, 0.4) is 0 Å². The van der Waals surface area contributed by atoms with Crippen molar-refractivity contribution in [1.82, 2.24) is 21.3 Å². The maximum atomic E-state index is 12.8. The first-order chi connectivity index (χ1) is 22.0. The van der Waals surface area contributed by atoms with Crippen LogP contribution in [0.4, 0.5) is 9.59 Å². The van der Waals surface area contributed by atoms with E-state index in [0.717, 1.165) is 31.2 Å². The van der Waals surface area contributed by atoms with E-state index in [4.69, 9.17) is 14.2 Å². The lowest BCUT2D eigenvalue weighted by atomic mass is 10.1. The molecule has 0 aliphatic rings. The second-order valence-corrected chi connectivity index (χ2v) is 13.2. The van der Waals surface area contributed by atoms with Gasteiger partial charge in [0.05, 0.1) is 0 Å². The van der Waals surface area contributed by atoms with Crippen molar-refractivity contribution in [3.63, 3.8) is 0 Å². The minimum absolute atomic E-state index is 0.0620. The van der Waals surface area contributed by atoms with E-state index in [1.165, 1.54) is 6.92 Å². The lowest BCUT2D eigenvalue weighted by Crippen LogP contribution is -2.47. The molecule has 1 aromatic rings. The molecule has 0 radical (unpaired) electrons. The summed E-state index contributed by atoms with van der Waals surface area (Å²) in [5, 5.41) is 11.1. The topological polar surface area (TPSA) is 161 Å². The van der Waals surface area contributed by atoms with Crippen LogP contribution in [0.5, 0.6) is 0 Å². The Morgan fingerprint density at radius 3 is 1.83 bits per heavy atom. The molecule has 0 spiro atoms. The van der Waals surface area contributed by atoms with Gasteiger partial charge in [0.15, 0.2) is 0 Å². The van der Waals surface area contributed by atoms with E-state index in [1.807, 2.05) is 51.1 Å².